The van der Waals surface area contributed by atoms with E-state index < -0.39 is 0 Å². The van der Waals surface area contributed by atoms with Crippen LogP contribution in [0.1, 0.15) is 55.1 Å². The molecule has 6 nitrogen and oxygen atoms in total. The number of ether oxygens (including phenoxy) is 1. The monoisotopic (exact) mass is 476 g/mol. The fraction of sp³-hybridized carbons (Fsp3) is 0.370. The van der Waals surface area contributed by atoms with Crippen molar-refractivity contribution in [2.24, 2.45) is 0 Å². The lowest BCUT2D eigenvalue weighted by Gasteiger charge is -2.16. The van der Waals surface area contributed by atoms with Crippen LogP contribution in [0, 0.1) is 0 Å². The highest BCUT2D eigenvalue weighted by Crippen LogP contribution is 2.33. The molecule has 0 spiro atoms. The molecule has 0 bridgehead atoms. The average Bonchev–Trinajstić information content (AvgIpc) is 3.55. The van der Waals surface area contributed by atoms with Crippen LogP contribution in [-0.2, 0) is 11.2 Å². The van der Waals surface area contributed by atoms with Crippen molar-refractivity contribution in [1.82, 2.24) is 20.1 Å². The number of nitrogens with zero attached hydrogens (tertiary/aromatic N) is 3. The highest BCUT2D eigenvalue weighted by atomic mass is 32.2. The van der Waals surface area contributed by atoms with Crippen molar-refractivity contribution in [2.45, 2.75) is 49.7 Å². The first-order valence-electron chi connectivity index (χ1n) is 11.9. The van der Waals surface area contributed by atoms with Crippen LogP contribution in [0.3, 0.4) is 0 Å². The van der Waals surface area contributed by atoms with E-state index in [1.54, 1.807) is 18.9 Å². The molecule has 4 rings (SSSR count). The third-order valence-corrected chi connectivity index (χ3v) is 6.88. The maximum Gasteiger partial charge on any atom is 0.251 e. The fourth-order valence-electron chi connectivity index (χ4n) is 4.53. The van der Waals surface area contributed by atoms with Gasteiger partial charge in [-0.2, -0.15) is 0 Å². The molecule has 0 saturated heterocycles. The van der Waals surface area contributed by atoms with Crippen molar-refractivity contribution in [3.8, 4) is 5.75 Å². The van der Waals surface area contributed by atoms with Gasteiger partial charge >= 0.3 is 0 Å². The lowest BCUT2D eigenvalue weighted by atomic mass is 10.0. The first-order valence-corrected chi connectivity index (χ1v) is 13.1. The van der Waals surface area contributed by atoms with Crippen molar-refractivity contribution in [3.63, 3.8) is 0 Å². The SMILES string of the molecule is COc1ccccc1/C=C(/C(=O)NCCCc1nnc(SC)n1C1CCCC1)c1ccccc1. The third kappa shape index (κ3) is 5.70. The number of aryl methyl sites for hydroxylation is 1. The molecule has 7 heteroatoms. The molecule has 178 valence electrons. The van der Waals surface area contributed by atoms with Gasteiger partial charge in [-0.05, 0) is 43.2 Å². The maximum atomic E-state index is 13.2. The largest absolute Gasteiger partial charge is 0.496 e. The quantitative estimate of drug-likeness (QED) is 0.183. The second-order valence-corrected chi connectivity index (χ2v) is 9.21. The van der Waals surface area contributed by atoms with Crippen LogP contribution in [0.2, 0.25) is 0 Å². The summed E-state index contributed by atoms with van der Waals surface area (Å²) in [5.41, 5.74) is 2.36. The predicted octanol–water partition coefficient (Wildman–Crippen LogP) is 5.41. The Bertz CT molecular complexity index is 1120. The summed E-state index contributed by atoms with van der Waals surface area (Å²) in [6.45, 7) is 0.570. The zero-order valence-electron chi connectivity index (χ0n) is 19.9. The number of hydrogen-bond acceptors (Lipinski definition) is 5. The zero-order chi connectivity index (χ0) is 23.8. The van der Waals surface area contributed by atoms with E-state index >= 15 is 0 Å². The summed E-state index contributed by atoms with van der Waals surface area (Å²) >= 11 is 1.65. The number of carbonyl (C=O) groups is 1. The van der Waals surface area contributed by atoms with Gasteiger partial charge in [0, 0.05) is 30.1 Å². The molecule has 1 aliphatic carbocycles. The summed E-state index contributed by atoms with van der Waals surface area (Å²) in [6, 6.07) is 18.0. The molecule has 2 aromatic carbocycles. The predicted molar refractivity (Wildman–Crippen MR) is 138 cm³/mol. The molecule has 1 amide bonds. The second kappa shape index (κ2) is 11.9. The number of benzene rings is 2. The molecule has 0 radical (unpaired) electrons. The molecule has 0 unspecified atom stereocenters. The minimum atomic E-state index is -0.0980. The molecule has 1 fully saturated rings. The second-order valence-electron chi connectivity index (χ2n) is 8.44. The van der Waals surface area contributed by atoms with Crippen LogP contribution >= 0.6 is 11.8 Å². The fourth-order valence-corrected chi connectivity index (χ4v) is 5.10. The van der Waals surface area contributed by atoms with Crippen LogP contribution in [0.15, 0.2) is 59.8 Å². The van der Waals surface area contributed by atoms with Crippen molar-refractivity contribution < 1.29 is 9.53 Å². The summed E-state index contributed by atoms with van der Waals surface area (Å²) in [5, 5.41) is 13.0. The van der Waals surface area contributed by atoms with Gasteiger partial charge in [-0.15, -0.1) is 10.2 Å². The first kappa shape index (κ1) is 24.1. The molecule has 3 aromatic rings. The molecular weight excluding hydrogens is 444 g/mol. The van der Waals surface area contributed by atoms with Gasteiger partial charge in [0.25, 0.3) is 5.91 Å². The normalized spacial score (nSPS) is 14.4. The average molecular weight is 477 g/mol. The van der Waals surface area contributed by atoms with Crippen molar-refractivity contribution in [2.75, 3.05) is 19.9 Å². The molecule has 1 N–H and O–H groups in total. The Kier molecular flexibility index (Phi) is 8.41. The number of methoxy groups -OCH3 is 1. The summed E-state index contributed by atoms with van der Waals surface area (Å²) in [5.74, 6) is 1.66. The summed E-state index contributed by atoms with van der Waals surface area (Å²) in [7, 11) is 1.64. The van der Waals surface area contributed by atoms with Gasteiger partial charge in [0.2, 0.25) is 0 Å². The van der Waals surface area contributed by atoms with E-state index in [1.807, 2.05) is 60.7 Å². The Morgan fingerprint density at radius 1 is 1.12 bits per heavy atom. The van der Waals surface area contributed by atoms with Crippen LogP contribution < -0.4 is 10.1 Å². The van der Waals surface area contributed by atoms with Crippen LogP contribution in [-0.4, -0.2) is 40.6 Å². The van der Waals surface area contributed by atoms with Gasteiger partial charge in [-0.1, -0.05) is 73.1 Å². The maximum absolute atomic E-state index is 13.2. The molecule has 1 saturated carbocycles. The minimum absolute atomic E-state index is 0.0980. The van der Waals surface area contributed by atoms with Gasteiger partial charge in [0.1, 0.15) is 11.6 Å². The van der Waals surface area contributed by atoms with Gasteiger partial charge in [0.15, 0.2) is 5.16 Å². The summed E-state index contributed by atoms with van der Waals surface area (Å²) in [6.07, 6.45) is 10.5. The highest BCUT2D eigenvalue weighted by molar-refractivity contribution is 7.98. The van der Waals surface area contributed by atoms with Gasteiger partial charge in [-0.3, -0.25) is 4.79 Å². The zero-order valence-corrected chi connectivity index (χ0v) is 20.7. The Morgan fingerprint density at radius 3 is 2.59 bits per heavy atom. The van der Waals surface area contributed by atoms with Crippen LogP contribution in [0.4, 0.5) is 0 Å². The van der Waals surface area contributed by atoms with E-state index in [9.17, 15) is 4.79 Å². The van der Waals surface area contributed by atoms with Gasteiger partial charge in [0.05, 0.1) is 7.11 Å². The lowest BCUT2D eigenvalue weighted by Crippen LogP contribution is -2.26. The number of rotatable bonds is 10. The Morgan fingerprint density at radius 2 is 1.85 bits per heavy atom. The highest BCUT2D eigenvalue weighted by Gasteiger charge is 2.23. The molecule has 1 heterocycles. The van der Waals surface area contributed by atoms with E-state index in [0.717, 1.165) is 40.7 Å². The number of para-hydroxylation sites is 1. The molecule has 0 atom stereocenters. The number of thioether (sulfide) groups is 1. The number of aromatic nitrogens is 3. The molecule has 34 heavy (non-hydrogen) atoms. The van der Waals surface area contributed by atoms with Crippen molar-refractivity contribution in [3.05, 3.63) is 71.5 Å². The number of carbonyl (C=O) groups excluding carboxylic acids is 1. The van der Waals surface area contributed by atoms with E-state index in [1.165, 1.54) is 25.7 Å². The first-order chi connectivity index (χ1) is 16.7. The Labute approximate surface area is 205 Å². The van der Waals surface area contributed by atoms with Crippen molar-refractivity contribution >= 4 is 29.3 Å². The lowest BCUT2D eigenvalue weighted by molar-refractivity contribution is -0.115. The number of hydrogen-bond donors (Lipinski definition) is 1. The van der Waals surface area contributed by atoms with Gasteiger partial charge < -0.3 is 14.6 Å². The summed E-state index contributed by atoms with van der Waals surface area (Å²) < 4.78 is 7.81. The minimum Gasteiger partial charge on any atom is -0.496 e. The number of nitrogens with one attached hydrogen (secondary N) is 1. The van der Waals surface area contributed by atoms with Crippen LogP contribution in [0.5, 0.6) is 5.75 Å². The molecule has 1 aliphatic rings. The third-order valence-electron chi connectivity index (χ3n) is 6.24. The topological polar surface area (TPSA) is 69.0 Å². The molecular formula is C27H32N4O2S. The van der Waals surface area contributed by atoms with Gasteiger partial charge in [-0.25, -0.2) is 0 Å². The molecule has 1 aromatic heterocycles. The number of amides is 1. The Hall–Kier alpha value is -3.06. The van der Waals surface area contributed by atoms with Crippen LogP contribution in [0.25, 0.3) is 11.6 Å². The smallest absolute Gasteiger partial charge is 0.251 e. The van der Waals surface area contributed by atoms with E-state index in [4.69, 9.17) is 4.74 Å². The van der Waals surface area contributed by atoms with E-state index in [-0.39, 0.29) is 5.91 Å². The van der Waals surface area contributed by atoms with E-state index in [2.05, 4.69) is 26.3 Å². The van der Waals surface area contributed by atoms with Crippen molar-refractivity contribution in [1.29, 1.82) is 0 Å². The summed E-state index contributed by atoms with van der Waals surface area (Å²) in [4.78, 5) is 13.2. The standard InChI is InChI=1S/C27H32N4O2S/c1-33-24-16-9-6-13-21(24)19-23(20-11-4-3-5-12-20)26(32)28-18-10-17-25-29-30-27(34-2)31(25)22-14-7-8-15-22/h3-6,9,11-13,16,19,22H,7-8,10,14-15,17-18H2,1-2H3,(H,28,32)/b23-19+. The Balaban J connectivity index is 1.44. The van der Waals surface area contributed by atoms with E-state index in [0.29, 0.717) is 18.2 Å². The molecule has 0 aliphatic heterocycles.